The normalized spacial score (nSPS) is 11.7. The molecule has 5 nitrogen and oxygen atoms in total. The van der Waals surface area contributed by atoms with Crippen LogP contribution in [-0.4, -0.2) is 15.0 Å². The SMILES string of the molecule is c1ccc(-c2ccc(N(c3ccc4ccc5ccc6nn(-c7ccccc7)nc6c5c4c3)c3cccc4oc5ccccc5c34)cc2)cc1. The van der Waals surface area contributed by atoms with E-state index in [0.717, 1.165) is 77.3 Å². The second kappa shape index (κ2) is 10.9. The molecule has 0 bridgehead atoms. The van der Waals surface area contributed by atoms with Crippen LogP contribution in [0.2, 0.25) is 0 Å². The van der Waals surface area contributed by atoms with Crippen molar-refractivity contribution < 1.29 is 4.42 Å². The number of benzene rings is 8. The largest absolute Gasteiger partial charge is 0.456 e. The van der Waals surface area contributed by atoms with Gasteiger partial charge < -0.3 is 9.32 Å². The van der Waals surface area contributed by atoms with E-state index in [4.69, 9.17) is 14.6 Å². The molecule has 0 aliphatic rings. The number of para-hydroxylation sites is 2. The number of hydrogen-bond donors (Lipinski definition) is 0. The predicted octanol–water partition coefficient (Wildman–Crippen LogP) is 11.8. The van der Waals surface area contributed by atoms with Gasteiger partial charge in [-0.1, -0.05) is 109 Å². The zero-order valence-corrected chi connectivity index (χ0v) is 26.4. The summed E-state index contributed by atoms with van der Waals surface area (Å²) in [4.78, 5) is 4.08. The molecule has 0 aliphatic carbocycles. The Balaban J connectivity index is 1.23. The molecule has 0 spiro atoms. The van der Waals surface area contributed by atoms with E-state index in [1.54, 1.807) is 4.80 Å². The predicted molar refractivity (Wildman–Crippen MR) is 201 cm³/mol. The van der Waals surface area contributed by atoms with Crippen molar-refractivity contribution in [2.45, 2.75) is 0 Å². The van der Waals surface area contributed by atoms with Crippen LogP contribution in [0.5, 0.6) is 0 Å². The third kappa shape index (κ3) is 4.48. The minimum atomic E-state index is 0.857. The van der Waals surface area contributed by atoms with Gasteiger partial charge in [0.1, 0.15) is 22.2 Å². The van der Waals surface area contributed by atoms with Crippen molar-refractivity contribution in [2.24, 2.45) is 0 Å². The van der Waals surface area contributed by atoms with E-state index in [2.05, 4.69) is 132 Å². The van der Waals surface area contributed by atoms with Gasteiger partial charge in [-0.3, -0.25) is 0 Å². The molecule has 230 valence electrons. The van der Waals surface area contributed by atoms with Crippen molar-refractivity contribution in [1.82, 2.24) is 15.0 Å². The molecule has 0 atom stereocenters. The van der Waals surface area contributed by atoms with Crippen molar-refractivity contribution in [3.63, 3.8) is 0 Å². The lowest BCUT2D eigenvalue weighted by atomic mass is 9.99. The number of hydrogen-bond acceptors (Lipinski definition) is 4. The Hall–Kier alpha value is -6.72. The summed E-state index contributed by atoms with van der Waals surface area (Å²) >= 11 is 0. The van der Waals surface area contributed by atoms with Crippen LogP contribution in [0.1, 0.15) is 0 Å². The standard InChI is InChI=1S/C44H28N4O/c1-3-10-29(11-4-1)30-20-24-33(25-21-30)47(39-15-9-17-41-43(39)36-14-7-8-16-40(36)49-41)35-26-22-31-18-19-32-23-27-38-44(42(32)37(31)28-35)46-48(45-38)34-12-5-2-6-13-34/h1-28H. The highest BCUT2D eigenvalue weighted by Gasteiger charge is 2.20. The first-order valence-electron chi connectivity index (χ1n) is 16.4. The van der Waals surface area contributed by atoms with Crippen molar-refractivity contribution in [3.05, 3.63) is 170 Å². The average molecular weight is 629 g/mol. The molecule has 49 heavy (non-hydrogen) atoms. The molecule has 2 heterocycles. The molecule has 5 heteroatoms. The number of furan rings is 1. The molecule has 0 unspecified atom stereocenters. The topological polar surface area (TPSA) is 47.1 Å². The lowest BCUT2D eigenvalue weighted by Crippen LogP contribution is -2.10. The summed E-state index contributed by atoms with van der Waals surface area (Å²) < 4.78 is 6.36. The molecule has 10 aromatic rings. The maximum atomic E-state index is 6.36. The molecule has 0 saturated carbocycles. The molecule has 0 amide bonds. The average Bonchev–Trinajstić information content (AvgIpc) is 3.78. The Morgan fingerprint density at radius 2 is 1.14 bits per heavy atom. The Labute approximate surface area is 281 Å². The summed E-state index contributed by atoms with van der Waals surface area (Å²) in [7, 11) is 0. The van der Waals surface area contributed by atoms with E-state index in [9.17, 15) is 0 Å². The van der Waals surface area contributed by atoms with Gasteiger partial charge in [-0.25, -0.2) is 0 Å². The monoisotopic (exact) mass is 628 g/mol. The summed E-state index contributed by atoms with van der Waals surface area (Å²) in [6.07, 6.45) is 0. The van der Waals surface area contributed by atoms with E-state index in [1.165, 1.54) is 11.1 Å². The fourth-order valence-corrected chi connectivity index (χ4v) is 7.12. The van der Waals surface area contributed by atoms with Gasteiger partial charge in [-0.2, -0.15) is 4.80 Å². The number of rotatable bonds is 5. The molecule has 10 rings (SSSR count). The van der Waals surface area contributed by atoms with E-state index >= 15 is 0 Å². The van der Waals surface area contributed by atoms with Crippen molar-refractivity contribution in [1.29, 1.82) is 0 Å². The Morgan fingerprint density at radius 3 is 2.00 bits per heavy atom. The maximum absolute atomic E-state index is 6.36. The number of aromatic nitrogens is 3. The fraction of sp³-hybridized carbons (Fsp3) is 0. The highest BCUT2D eigenvalue weighted by molar-refractivity contribution is 6.19. The number of fused-ring (bicyclic) bond motifs is 8. The first kappa shape index (κ1) is 27.4. The van der Waals surface area contributed by atoms with E-state index in [0.29, 0.717) is 0 Å². The van der Waals surface area contributed by atoms with Gasteiger partial charge in [0.15, 0.2) is 0 Å². The van der Waals surface area contributed by atoms with Gasteiger partial charge in [0, 0.05) is 22.1 Å². The van der Waals surface area contributed by atoms with Crippen molar-refractivity contribution in [3.8, 4) is 16.8 Å². The first-order valence-corrected chi connectivity index (χ1v) is 16.4. The van der Waals surface area contributed by atoms with Crippen LogP contribution in [0.15, 0.2) is 174 Å². The van der Waals surface area contributed by atoms with Gasteiger partial charge in [-0.05, 0) is 87.9 Å². The molecular weight excluding hydrogens is 601 g/mol. The minimum Gasteiger partial charge on any atom is -0.456 e. The Kier molecular flexibility index (Phi) is 6.11. The van der Waals surface area contributed by atoms with Crippen LogP contribution in [0.25, 0.3) is 71.3 Å². The molecule has 0 radical (unpaired) electrons. The third-order valence-corrected chi connectivity index (χ3v) is 9.43. The zero-order valence-electron chi connectivity index (χ0n) is 26.4. The lowest BCUT2D eigenvalue weighted by molar-refractivity contribution is 0.669. The smallest absolute Gasteiger partial charge is 0.137 e. The van der Waals surface area contributed by atoms with Gasteiger partial charge in [-0.15, -0.1) is 10.2 Å². The summed E-state index contributed by atoms with van der Waals surface area (Å²) in [5, 5.41) is 16.5. The van der Waals surface area contributed by atoms with Gasteiger partial charge in [0.25, 0.3) is 0 Å². The highest BCUT2D eigenvalue weighted by Crippen LogP contribution is 2.44. The second-order valence-electron chi connectivity index (χ2n) is 12.3. The van der Waals surface area contributed by atoms with Crippen LogP contribution in [0.4, 0.5) is 17.1 Å². The zero-order chi connectivity index (χ0) is 32.3. The Bertz CT molecular complexity index is 2820. The molecule has 0 fully saturated rings. The molecule has 0 N–H and O–H groups in total. The maximum Gasteiger partial charge on any atom is 0.137 e. The highest BCUT2D eigenvalue weighted by atomic mass is 16.3. The quantitative estimate of drug-likeness (QED) is 0.178. The van der Waals surface area contributed by atoms with Crippen LogP contribution < -0.4 is 4.90 Å². The van der Waals surface area contributed by atoms with Gasteiger partial charge >= 0.3 is 0 Å². The summed E-state index contributed by atoms with van der Waals surface area (Å²) in [6.45, 7) is 0. The van der Waals surface area contributed by atoms with E-state index in [1.807, 2.05) is 42.5 Å². The van der Waals surface area contributed by atoms with Crippen LogP contribution >= 0.6 is 0 Å². The minimum absolute atomic E-state index is 0.857. The molecular formula is C44H28N4O. The Morgan fingerprint density at radius 1 is 0.469 bits per heavy atom. The summed E-state index contributed by atoms with van der Waals surface area (Å²) in [5.74, 6) is 0. The van der Waals surface area contributed by atoms with Gasteiger partial charge in [0.05, 0.1) is 16.8 Å². The van der Waals surface area contributed by atoms with E-state index in [-0.39, 0.29) is 0 Å². The molecule has 8 aromatic carbocycles. The third-order valence-electron chi connectivity index (χ3n) is 9.43. The van der Waals surface area contributed by atoms with Crippen molar-refractivity contribution >= 4 is 71.6 Å². The van der Waals surface area contributed by atoms with Crippen LogP contribution in [-0.2, 0) is 0 Å². The van der Waals surface area contributed by atoms with Crippen LogP contribution in [0, 0.1) is 0 Å². The molecule has 0 aliphatic heterocycles. The van der Waals surface area contributed by atoms with Crippen molar-refractivity contribution in [2.75, 3.05) is 4.90 Å². The summed E-state index contributed by atoms with van der Waals surface area (Å²) in [5.41, 5.74) is 9.90. The molecule has 0 saturated heterocycles. The van der Waals surface area contributed by atoms with Gasteiger partial charge in [0.2, 0.25) is 0 Å². The first-order chi connectivity index (χ1) is 24.3. The lowest BCUT2D eigenvalue weighted by Gasteiger charge is -2.27. The summed E-state index contributed by atoms with van der Waals surface area (Å²) in [6, 6.07) is 59.3. The van der Waals surface area contributed by atoms with Crippen LogP contribution in [0.3, 0.4) is 0 Å². The number of anilines is 3. The van der Waals surface area contributed by atoms with E-state index < -0.39 is 0 Å². The number of nitrogens with zero attached hydrogens (tertiary/aromatic N) is 4. The second-order valence-corrected chi connectivity index (χ2v) is 12.3. The molecule has 2 aromatic heterocycles. The fourth-order valence-electron chi connectivity index (χ4n) is 7.12.